The molecule has 10 nitrogen and oxygen atoms in total. The molecule has 3 rings (SSSR count). The first-order chi connectivity index (χ1) is 15.2. The first-order valence-corrected chi connectivity index (χ1v) is 10.3. The molecular weight excluding hydrogens is 439 g/mol. The summed E-state index contributed by atoms with van der Waals surface area (Å²) in [4.78, 5) is 34.9. The molecule has 166 valence electrons. The van der Waals surface area contributed by atoms with Crippen LogP contribution in [0.2, 0.25) is 0 Å². The lowest BCUT2D eigenvalue weighted by atomic mass is 10.2. The number of nitrogens with one attached hydrogen (secondary N) is 2. The zero-order valence-electron chi connectivity index (χ0n) is 17.2. The van der Waals surface area contributed by atoms with Gasteiger partial charge >= 0.3 is 0 Å². The van der Waals surface area contributed by atoms with Crippen LogP contribution >= 0.6 is 11.8 Å². The second-order valence-electron chi connectivity index (χ2n) is 6.78. The number of carbonyl (C=O) groups excluding carboxylic acids is 2. The highest BCUT2D eigenvalue weighted by molar-refractivity contribution is 7.99. The van der Waals surface area contributed by atoms with Gasteiger partial charge in [0, 0.05) is 24.9 Å². The van der Waals surface area contributed by atoms with Crippen molar-refractivity contribution in [1.29, 1.82) is 0 Å². The Morgan fingerprint density at radius 1 is 1.12 bits per heavy atom. The number of anilines is 2. The van der Waals surface area contributed by atoms with Gasteiger partial charge in [-0.15, -0.1) is 10.2 Å². The summed E-state index contributed by atoms with van der Waals surface area (Å²) < 4.78 is 14.6. The standard InChI is InChI=1S/C20H19FN6O4S/c1-12-3-8-15(27(30)31)9-16(12)23-19(29)11-32-20-25-24-17(26(20)2)10-18(28)22-14-6-4-13(21)5-7-14/h3-9H,10-11H2,1-2H3,(H,22,28)(H,23,29). The van der Waals surface area contributed by atoms with Crippen LogP contribution in [-0.4, -0.2) is 37.3 Å². The van der Waals surface area contributed by atoms with Gasteiger partial charge in [0.1, 0.15) is 11.6 Å². The molecule has 0 fully saturated rings. The molecule has 0 aliphatic carbocycles. The molecule has 0 aliphatic rings. The number of hydrogen-bond acceptors (Lipinski definition) is 7. The molecule has 12 heteroatoms. The molecule has 3 aromatic rings. The molecule has 2 N–H and O–H groups in total. The van der Waals surface area contributed by atoms with E-state index in [1.807, 2.05) is 0 Å². The first kappa shape index (κ1) is 22.9. The number of halogens is 1. The molecule has 0 radical (unpaired) electrons. The molecule has 0 bridgehead atoms. The van der Waals surface area contributed by atoms with E-state index < -0.39 is 10.7 Å². The zero-order valence-corrected chi connectivity index (χ0v) is 18.0. The Balaban J connectivity index is 1.56. The number of thioether (sulfide) groups is 1. The number of non-ortho nitro benzene ring substituents is 1. The smallest absolute Gasteiger partial charge is 0.271 e. The molecule has 0 aliphatic heterocycles. The van der Waals surface area contributed by atoms with E-state index in [0.717, 1.165) is 11.8 Å². The Morgan fingerprint density at radius 3 is 2.53 bits per heavy atom. The number of hydrogen-bond donors (Lipinski definition) is 2. The van der Waals surface area contributed by atoms with Gasteiger partial charge in [0.05, 0.1) is 22.8 Å². The first-order valence-electron chi connectivity index (χ1n) is 9.34. The van der Waals surface area contributed by atoms with Gasteiger partial charge in [-0.1, -0.05) is 17.8 Å². The number of aromatic nitrogens is 3. The molecule has 2 aromatic carbocycles. The summed E-state index contributed by atoms with van der Waals surface area (Å²) in [6, 6.07) is 9.62. The van der Waals surface area contributed by atoms with E-state index in [0.29, 0.717) is 27.9 Å². The maximum Gasteiger partial charge on any atom is 0.271 e. The highest BCUT2D eigenvalue weighted by atomic mass is 32.2. The third kappa shape index (κ3) is 5.88. The predicted molar refractivity (Wildman–Crippen MR) is 117 cm³/mol. The van der Waals surface area contributed by atoms with Crippen molar-refractivity contribution in [3.8, 4) is 0 Å². The predicted octanol–water partition coefficient (Wildman–Crippen LogP) is 3.08. The molecule has 1 heterocycles. The van der Waals surface area contributed by atoms with Gasteiger partial charge in [-0.05, 0) is 36.8 Å². The Bertz CT molecular complexity index is 1170. The number of rotatable bonds is 8. The third-order valence-corrected chi connectivity index (χ3v) is 5.43. The summed E-state index contributed by atoms with van der Waals surface area (Å²) in [5.74, 6) is -0.722. The van der Waals surface area contributed by atoms with Crippen LogP contribution in [0.5, 0.6) is 0 Å². The lowest BCUT2D eigenvalue weighted by Gasteiger charge is -2.08. The van der Waals surface area contributed by atoms with Crippen LogP contribution in [0.1, 0.15) is 11.4 Å². The maximum absolute atomic E-state index is 13.0. The zero-order chi connectivity index (χ0) is 23.3. The van der Waals surface area contributed by atoms with Crippen LogP contribution in [0.4, 0.5) is 21.5 Å². The lowest BCUT2D eigenvalue weighted by molar-refractivity contribution is -0.384. The van der Waals surface area contributed by atoms with Gasteiger partial charge < -0.3 is 15.2 Å². The van der Waals surface area contributed by atoms with Gasteiger partial charge in [-0.2, -0.15) is 0 Å². The highest BCUT2D eigenvalue weighted by Gasteiger charge is 2.16. The van der Waals surface area contributed by atoms with Gasteiger partial charge in [-0.3, -0.25) is 19.7 Å². The van der Waals surface area contributed by atoms with Crippen molar-refractivity contribution >= 4 is 40.6 Å². The minimum atomic E-state index is -0.531. The fraction of sp³-hybridized carbons (Fsp3) is 0.200. The van der Waals surface area contributed by atoms with Gasteiger partial charge in [0.15, 0.2) is 5.16 Å². The normalized spacial score (nSPS) is 10.6. The monoisotopic (exact) mass is 458 g/mol. The number of carbonyl (C=O) groups is 2. The number of aryl methyl sites for hydroxylation is 1. The molecular formula is C20H19FN6O4S. The fourth-order valence-electron chi connectivity index (χ4n) is 2.68. The average Bonchev–Trinajstić information content (AvgIpc) is 3.09. The van der Waals surface area contributed by atoms with Crippen LogP contribution in [0.15, 0.2) is 47.6 Å². The SMILES string of the molecule is Cc1ccc([N+](=O)[O-])cc1NC(=O)CSc1nnc(CC(=O)Nc2ccc(F)cc2)n1C. The van der Waals surface area contributed by atoms with E-state index in [1.54, 1.807) is 24.6 Å². The lowest BCUT2D eigenvalue weighted by Crippen LogP contribution is -2.17. The molecule has 1 aromatic heterocycles. The van der Waals surface area contributed by atoms with Gasteiger partial charge in [0.25, 0.3) is 5.69 Å². The van der Waals surface area contributed by atoms with Crippen LogP contribution in [-0.2, 0) is 23.1 Å². The summed E-state index contributed by atoms with van der Waals surface area (Å²) in [5, 5.41) is 24.6. The molecule has 0 saturated carbocycles. The summed E-state index contributed by atoms with van der Waals surface area (Å²) in [5.41, 5.74) is 1.40. The summed E-state index contributed by atoms with van der Waals surface area (Å²) >= 11 is 1.11. The maximum atomic E-state index is 13.0. The highest BCUT2D eigenvalue weighted by Crippen LogP contribution is 2.23. The van der Waals surface area contributed by atoms with Crippen molar-refractivity contribution in [2.24, 2.45) is 7.05 Å². The largest absolute Gasteiger partial charge is 0.326 e. The van der Waals surface area contributed by atoms with E-state index in [-0.39, 0.29) is 29.7 Å². The Labute approximate surface area is 186 Å². The Kier molecular flexibility index (Phi) is 7.15. The van der Waals surface area contributed by atoms with E-state index in [9.17, 15) is 24.1 Å². The van der Waals surface area contributed by atoms with Gasteiger partial charge in [-0.25, -0.2) is 4.39 Å². The van der Waals surface area contributed by atoms with Crippen molar-refractivity contribution in [2.75, 3.05) is 16.4 Å². The number of nitro groups is 1. The third-order valence-electron chi connectivity index (χ3n) is 4.41. The number of nitro benzene ring substituents is 1. The second-order valence-corrected chi connectivity index (χ2v) is 7.73. The molecule has 0 atom stereocenters. The number of benzene rings is 2. The van der Waals surface area contributed by atoms with Crippen LogP contribution in [0.3, 0.4) is 0 Å². The average molecular weight is 458 g/mol. The minimum absolute atomic E-state index is 0.00409. The van der Waals surface area contributed by atoms with Gasteiger partial charge in [0.2, 0.25) is 11.8 Å². The molecule has 2 amide bonds. The molecule has 32 heavy (non-hydrogen) atoms. The van der Waals surface area contributed by atoms with Crippen molar-refractivity contribution in [2.45, 2.75) is 18.5 Å². The summed E-state index contributed by atoms with van der Waals surface area (Å²) in [7, 11) is 1.67. The van der Waals surface area contributed by atoms with Crippen molar-refractivity contribution in [3.05, 3.63) is 69.8 Å². The van der Waals surface area contributed by atoms with Crippen LogP contribution < -0.4 is 10.6 Å². The fourth-order valence-corrected chi connectivity index (χ4v) is 3.41. The van der Waals surface area contributed by atoms with Crippen LogP contribution in [0.25, 0.3) is 0 Å². The second kappa shape index (κ2) is 10.0. The summed E-state index contributed by atoms with van der Waals surface area (Å²) in [6.45, 7) is 1.73. The van der Waals surface area contributed by atoms with E-state index >= 15 is 0 Å². The van der Waals surface area contributed by atoms with Crippen LogP contribution in [0, 0.1) is 22.9 Å². The molecule has 0 saturated heterocycles. The number of amides is 2. The van der Waals surface area contributed by atoms with Crippen molar-refractivity contribution < 1.29 is 18.9 Å². The number of nitrogens with zero attached hydrogens (tertiary/aromatic N) is 4. The topological polar surface area (TPSA) is 132 Å². The van der Waals surface area contributed by atoms with Crippen molar-refractivity contribution in [1.82, 2.24) is 14.8 Å². The molecule has 0 spiro atoms. The quantitative estimate of drug-likeness (QED) is 0.301. The minimum Gasteiger partial charge on any atom is -0.326 e. The molecule has 0 unspecified atom stereocenters. The van der Waals surface area contributed by atoms with E-state index in [1.165, 1.54) is 36.4 Å². The Hall–Kier alpha value is -3.80. The van der Waals surface area contributed by atoms with Crippen molar-refractivity contribution in [3.63, 3.8) is 0 Å². The summed E-state index contributed by atoms with van der Waals surface area (Å²) in [6.07, 6.45) is -0.0550. The van der Waals surface area contributed by atoms with E-state index in [4.69, 9.17) is 0 Å². The van der Waals surface area contributed by atoms with E-state index in [2.05, 4.69) is 20.8 Å². The Morgan fingerprint density at radius 2 is 1.84 bits per heavy atom.